The van der Waals surface area contributed by atoms with E-state index >= 15 is 0 Å². The fraction of sp³-hybridized carbons (Fsp3) is 0.412. The van der Waals surface area contributed by atoms with Crippen molar-refractivity contribution in [3.05, 3.63) is 30.5 Å². The third-order valence-electron chi connectivity index (χ3n) is 4.38. The first-order chi connectivity index (χ1) is 12.4. The highest BCUT2D eigenvalue weighted by Gasteiger charge is 2.31. The molecule has 1 aromatic carbocycles. The molecule has 1 aliphatic rings. The molecule has 3 rings (SSSR count). The molecule has 8 nitrogen and oxygen atoms in total. The van der Waals surface area contributed by atoms with Crippen LogP contribution in [0.15, 0.2) is 30.5 Å². The highest BCUT2D eigenvalue weighted by Crippen LogP contribution is 2.31. The summed E-state index contributed by atoms with van der Waals surface area (Å²) >= 11 is 0. The average Bonchev–Trinajstić information content (AvgIpc) is 3.01. The molecular formula is C17H22N4O4S. The van der Waals surface area contributed by atoms with Gasteiger partial charge in [0.25, 0.3) is 0 Å². The van der Waals surface area contributed by atoms with E-state index in [9.17, 15) is 8.42 Å². The van der Waals surface area contributed by atoms with Crippen molar-refractivity contribution in [3.63, 3.8) is 0 Å². The van der Waals surface area contributed by atoms with Gasteiger partial charge in [-0.15, -0.1) is 0 Å². The lowest BCUT2D eigenvalue weighted by atomic mass is 10.2. The van der Waals surface area contributed by atoms with E-state index in [0.29, 0.717) is 35.4 Å². The number of aromatic nitrogens is 2. The van der Waals surface area contributed by atoms with Gasteiger partial charge in [0.15, 0.2) is 9.84 Å². The molecule has 2 heterocycles. The van der Waals surface area contributed by atoms with Gasteiger partial charge in [-0.05, 0) is 24.6 Å². The molecule has 0 aliphatic carbocycles. The molecular weight excluding hydrogens is 356 g/mol. The van der Waals surface area contributed by atoms with Crippen LogP contribution in [0.4, 0.5) is 17.5 Å². The second-order valence-corrected chi connectivity index (χ2v) is 8.33. The number of hydrogen-bond donors (Lipinski definition) is 1. The molecule has 9 heteroatoms. The van der Waals surface area contributed by atoms with Crippen molar-refractivity contribution in [1.29, 1.82) is 0 Å². The number of nitrogens with one attached hydrogen (secondary N) is 1. The zero-order valence-corrected chi connectivity index (χ0v) is 15.8. The highest BCUT2D eigenvalue weighted by molar-refractivity contribution is 7.91. The fourth-order valence-electron chi connectivity index (χ4n) is 2.88. The van der Waals surface area contributed by atoms with E-state index in [4.69, 9.17) is 9.47 Å². The number of anilines is 3. The number of nitrogens with zero attached hydrogens (tertiary/aromatic N) is 3. The van der Waals surface area contributed by atoms with Crippen LogP contribution in [0.5, 0.6) is 11.5 Å². The van der Waals surface area contributed by atoms with E-state index in [-0.39, 0.29) is 17.5 Å². The third kappa shape index (κ3) is 3.98. The Labute approximate surface area is 153 Å². The lowest BCUT2D eigenvalue weighted by Gasteiger charge is -2.23. The third-order valence-corrected chi connectivity index (χ3v) is 6.13. The summed E-state index contributed by atoms with van der Waals surface area (Å²) in [5.41, 5.74) is 0.711. The molecule has 1 fully saturated rings. The topological polar surface area (TPSA) is 93.7 Å². The number of methoxy groups -OCH3 is 2. The van der Waals surface area contributed by atoms with E-state index in [1.54, 1.807) is 32.5 Å². The minimum Gasteiger partial charge on any atom is -0.497 e. The van der Waals surface area contributed by atoms with Crippen molar-refractivity contribution in [2.24, 2.45) is 0 Å². The van der Waals surface area contributed by atoms with Crippen molar-refractivity contribution >= 4 is 27.3 Å². The molecule has 1 N–H and O–H groups in total. The molecule has 1 unspecified atom stereocenters. The van der Waals surface area contributed by atoms with E-state index in [0.717, 1.165) is 0 Å². The van der Waals surface area contributed by atoms with Crippen molar-refractivity contribution in [2.45, 2.75) is 12.5 Å². The lowest BCUT2D eigenvalue weighted by Crippen LogP contribution is -2.33. The van der Waals surface area contributed by atoms with Crippen molar-refractivity contribution < 1.29 is 17.9 Å². The van der Waals surface area contributed by atoms with Crippen LogP contribution in [0.25, 0.3) is 0 Å². The molecule has 1 aromatic heterocycles. The summed E-state index contributed by atoms with van der Waals surface area (Å²) in [5.74, 6) is 2.74. The second-order valence-electron chi connectivity index (χ2n) is 6.10. The standard InChI is InChI=1S/C17H22N4O4S/c1-21(12-7-9-26(22,23)11-12)17-18-8-6-16(20-17)19-14-10-13(24-2)4-5-15(14)25-3/h4-6,8,10,12H,7,9,11H2,1-3H3,(H,18,19,20). The Hall–Kier alpha value is -2.55. The summed E-state index contributed by atoms with van der Waals surface area (Å²) in [7, 11) is 2.04. The molecule has 0 saturated carbocycles. The van der Waals surface area contributed by atoms with Gasteiger partial charge in [0, 0.05) is 25.4 Å². The van der Waals surface area contributed by atoms with Crippen LogP contribution in [-0.4, -0.2) is 57.2 Å². The second kappa shape index (κ2) is 7.36. The van der Waals surface area contributed by atoms with Crippen molar-refractivity contribution in [2.75, 3.05) is 43.0 Å². The molecule has 0 spiro atoms. The number of sulfone groups is 1. The Kier molecular flexibility index (Phi) is 5.17. The summed E-state index contributed by atoms with van der Waals surface area (Å²) in [6.45, 7) is 0. The maximum atomic E-state index is 11.7. The number of hydrogen-bond acceptors (Lipinski definition) is 8. The molecule has 140 valence electrons. The van der Waals surface area contributed by atoms with E-state index in [1.165, 1.54) is 0 Å². The maximum absolute atomic E-state index is 11.7. The summed E-state index contributed by atoms with van der Waals surface area (Å²) in [6, 6.07) is 7.06. The van der Waals surface area contributed by atoms with Crippen LogP contribution in [0.1, 0.15) is 6.42 Å². The minimum atomic E-state index is -2.97. The van der Waals surface area contributed by atoms with Crippen LogP contribution in [0.3, 0.4) is 0 Å². The van der Waals surface area contributed by atoms with E-state index in [1.807, 2.05) is 24.1 Å². The van der Waals surface area contributed by atoms with E-state index < -0.39 is 9.84 Å². The number of ether oxygens (including phenoxy) is 2. The lowest BCUT2D eigenvalue weighted by molar-refractivity contribution is 0.405. The maximum Gasteiger partial charge on any atom is 0.227 e. The molecule has 26 heavy (non-hydrogen) atoms. The Balaban J connectivity index is 1.82. The van der Waals surface area contributed by atoms with Gasteiger partial charge in [0.05, 0.1) is 31.4 Å². The molecule has 0 bridgehead atoms. The predicted molar refractivity (Wildman–Crippen MR) is 100 cm³/mol. The van der Waals surface area contributed by atoms with Gasteiger partial charge in [-0.25, -0.2) is 13.4 Å². The Morgan fingerprint density at radius 3 is 2.69 bits per heavy atom. The number of rotatable bonds is 6. The quantitative estimate of drug-likeness (QED) is 0.814. The SMILES string of the molecule is COc1ccc(OC)c(Nc2ccnc(N(C)C3CCS(=O)(=O)C3)n2)c1. The van der Waals surface area contributed by atoms with Gasteiger partial charge in [-0.1, -0.05) is 0 Å². The summed E-state index contributed by atoms with van der Waals surface area (Å²) in [4.78, 5) is 10.6. The molecule has 2 aromatic rings. The van der Waals surface area contributed by atoms with Gasteiger partial charge in [-0.3, -0.25) is 0 Å². The molecule has 1 atom stereocenters. The summed E-state index contributed by atoms with van der Waals surface area (Å²) < 4.78 is 34.0. The fourth-order valence-corrected chi connectivity index (χ4v) is 4.66. The van der Waals surface area contributed by atoms with Gasteiger partial charge in [-0.2, -0.15) is 4.98 Å². The first-order valence-electron chi connectivity index (χ1n) is 8.17. The van der Waals surface area contributed by atoms with Crippen LogP contribution < -0.4 is 19.7 Å². The number of benzene rings is 1. The zero-order valence-electron chi connectivity index (χ0n) is 15.0. The first kappa shape index (κ1) is 18.2. The predicted octanol–water partition coefficient (Wildman–Crippen LogP) is 1.86. The van der Waals surface area contributed by atoms with Crippen LogP contribution >= 0.6 is 0 Å². The Morgan fingerprint density at radius 1 is 1.23 bits per heavy atom. The van der Waals surface area contributed by atoms with Crippen molar-refractivity contribution in [1.82, 2.24) is 9.97 Å². The van der Waals surface area contributed by atoms with Gasteiger partial charge < -0.3 is 19.7 Å². The van der Waals surface area contributed by atoms with Crippen LogP contribution in [0.2, 0.25) is 0 Å². The van der Waals surface area contributed by atoms with Gasteiger partial charge in [0.1, 0.15) is 17.3 Å². The monoisotopic (exact) mass is 378 g/mol. The summed E-state index contributed by atoms with van der Waals surface area (Å²) in [5, 5.41) is 3.20. The Bertz CT molecular complexity index is 888. The highest BCUT2D eigenvalue weighted by atomic mass is 32.2. The molecule has 0 amide bonds. The van der Waals surface area contributed by atoms with Crippen molar-refractivity contribution in [3.8, 4) is 11.5 Å². The van der Waals surface area contributed by atoms with Gasteiger partial charge >= 0.3 is 0 Å². The van der Waals surface area contributed by atoms with Crippen LogP contribution in [-0.2, 0) is 9.84 Å². The normalized spacial score (nSPS) is 18.3. The van der Waals surface area contributed by atoms with Gasteiger partial charge in [0.2, 0.25) is 5.95 Å². The summed E-state index contributed by atoms with van der Waals surface area (Å²) in [6.07, 6.45) is 2.22. The largest absolute Gasteiger partial charge is 0.497 e. The molecule has 1 saturated heterocycles. The first-order valence-corrected chi connectivity index (χ1v) is 9.99. The van der Waals surface area contributed by atoms with Crippen LogP contribution in [0, 0.1) is 0 Å². The minimum absolute atomic E-state index is 0.110. The molecule has 0 radical (unpaired) electrons. The smallest absolute Gasteiger partial charge is 0.227 e. The zero-order chi connectivity index (χ0) is 18.7. The van der Waals surface area contributed by atoms with E-state index in [2.05, 4.69) is 15.3 Å². The molecule has 1 aliphatic heterocycles. The average molecular weight is 378 g/mol. The Morgan fingerprint density at radius 2 is 2.04 bits per heavy atom.